The van der Waals surface area contributed by atoms with Crippen molar-refractivity contribution in [3.05, 3.63) is 22.4 Å². The van der Waals surface area contributed by atoms with Crippen LogP contribution in [0.15, 0.2) is 17.5 Å². The SMILES string of the molecule is O=C(OCC(=O)N1CCC[C@@H]1c1cccs1)C1C[C@H]2CCC[C@@H](C1)C2=O. The van der Waals surface area contributed by atoms with Crippen LogP contribution in [0.4, 0.5) is 0 Å². The molecular formula is C20H25NO4S. The first-order chi connectivity index (χ1) is 12.6. The van der Waals surface area contributed by atoms with E-state index in [0.29, 0.717) is 18.6 Å². The van der Waals surface area contributed by atoms with Crippen molar-refractivity contribution in [2.75, 3.05) is 13.2 Å². The van der Waals surface area contributed by atoms with Crippen molar-refractivity contribution in [1.82, 2.24) is 4.90 Å². The Bertz CT molecular complexity index is 670. The molecule has 1 aromatic heterocycles. The molecule has 140 valence electrons. The van der Waals surface area contributed by atoms with Gasteiger partial charge in [-0.3, -0.25) is 14.4 Å². The average Bonchev–Trinajstić information content (AvgIpc) is 3.29. The van der Waals surface area contributed by atoms with Gasteiger partial charge in [-0.25, -0.2) is 0 Å². The summed E-state index contributed by atoms with van der Waals surface area (Å²) in [5, 5.41) is 2.03. The standard InChI is InChI=1S/C20H25NO4S/c22-18(21-8-2-6-16(21)17-7-3-9-26-17)12-25-20(24)15-10-13-4-1-5-14(11-15)19(13)23/h3,7,9,13-16H,1-2,4-6,8,10-12H2/t13-,14+,15?,16-/m1/s1. The lowest BCUT2D eigenvalue weighted by Gasteiger charge is -2.36. The third-order valence-corrected chi connectivity index (χ3v) is 7.14. The number of nitrogens with zero attached hydrogens (tertiary/aromatic N) is 1. The lowest BCUT2D eigenvalue weighted by molar-refractivity contribution is -0.159. The minimum Gasteiger partial charge on any atom is -0.455 e. The highest BCUT2D eigenvalue weighted by Gasteiger charge is 2.42. The molecule has 1 aromatic rings. The quantitative estimate of drug-likeness (QED) is 0.757. The maximum atomic E-state index is 12.6. The first-order valence-electron chi connectivity index (χ1n) is 9.66. The van der Waals surface area contributed by atoms with Gasteiger partial charge in [0.05, 0.1) is 12.0 Å². The molecule has 0 radical (unpaired) electrons. The zero-order chi connectivity index (χ0) is 18.1. The molecule has 1 amide bonds. The highest BCUT2D eigenvalue weighted by atomic mass is 32.1. The Morgan fingerprint density at radius 1 is 1.15 bits per heavy atom. The van der Waals surface area contributed by atoms with Gasteiger partial charge in [0.1, 0.15) is 5.78 Å². The van der Waals surface area contributed by atoms with Crippen molar-refractivity contribution in [2.45, 2.75) is 51.0 Å². The molecule has 2 aliphatic carbocycles. The summed E-state index contributed by atoms with van der Waals surface area (Å²) < 4.78 is 5.38. The number of ether oxygens (including phenoxy) is 1. The molecule has 3 fully saturated rings. The number of likely N-dealkylation sites (tertiary alicyclic amines) is 1. The molecule has 0 N–H and O–H groups in total. The Hall–Kier alpha value is -1.69. The molecular weight excluding hydrogens is 350 g/mol. The fourth-order valence-electron chi connectivity index (χ4n) is 4.85. The van der Waals surface area contributed by atoms with Gasteiger partial charge >= 0.3 is 5.97 Å². The Kier molecular flexibility index (Phi) is 5.11. The Morgan fingerprint density at radius 3 is 2.62 bits per heavy atom. The molecule has 1 unspecified atom stereocenters. The second-order valence-corrected chi connectivity index (χ2v) is 8.74. The smallest absolute Gasteiger partial charge is 0.309 e. The fourth-order valence-corrected chi connectivity index (χ4v) is 5.72. The van der Waals surface area contributed by atoms with E-state index in [2.05, 4.69) is 6.07 Å². The van der Waals surface area contributed by atoms with Crippen molar-refractivity contribution in [3.63, 3.8) is 0 Å². The van der Waals surface area contributed by atoms with Crippen LogP contribution in [0.3, 0.4) is 0 Å². The number of esters is 1. The van der Waals surface area contributed by atoms with E-state index in [-0.39, 0.29) is 42.3 Å². The number of thiophene rings is 1. The Labute approximate surface area is 157 Å². The first kappa shape index (κ1) is 17.7. The summed E-state index contributed by atoms with van der Waals surface area (Å²) in [4.78, 5) is 40.2. The molecule has 4 rings (SSSR count). The third kappa shape index (κ3) is 3.43. The number of hydrogen-bond donors (Lipinski definition) is 0. The Morgan fingerprint density at radius 2 is 1.92 bits per heavy atom. The molecule has 4 atom stereocenters. The van der Waals surface area contributed by atoms with Gasteiger partial charge in [-0.1, -0.05) is 12.5 Å². The molecule has 2 saturated carbocycles. The summed E-state index contributed by atoms with van der Waals surface area (Å²) in [7, 11) is 0. The van der Waals surface area contributed by atoms with Crippen molar-refractivity contribution in [3.8, 4) is 0 Å². The molecule has 26 heavy (non-hydrogen) atoms. The average molecular weight is 375 g/mol. The maximum absolute atomic E-state index is 12.6. The molecule has 0 spiro atoms. The summed E-state index contributed by atoms with van der Waals surface area (Å²) >= 11 is 1.66. The highest BCUT2D eigenvalue weighted by Crippen LogP contribution is 2.40. The second kappa shape index (κ2) is 7.51. The summed E-state index contributed by atoms with van der Waals surface area (Å²) in [6.07, 6.45) is 6.03. The van der Waals surface area contributed by atoms with E-state index in [1.54, 1.807) is 11.3 Å². The predicted molar refractivity (Wildman–Crippen MR) is 97.5 cm³/mol. The maximum Gasteiger partial charge on any atom is 0.309 e. The monoisotopic (exact) mass is 375 g/mol. The van der Waals surface area contributed by atoms with Gasteiger partial charge in [0, 0.05) is 23.3 Å². The van der Waals surface area contributed by atoms with E-state index < -0.39 is 0 Å². The number of rotatable bonds is 4. The van der Waals surface area contributed by atoms with Gasteiger partial charge in [0.25, 0.3) is 5.91 Å². The van der Waals surface area contributed by atoms with Crippen LogP contribution in [-0.2, 0) is 19.1 Å². The number of hydrogen-bond acceptors (Lipinski definition) is 5. The summed E-state index contributed by atoms with van der Waals surface area (Å²) in [6.45, 7) is 0.543. The van der Waals surface area contributed by atoms with Crippen LogP contribution >= 0.6 is 11.3 Å². The normalized spacial score (nSPS) is 31.1. The molecule has 1 aliphatic heterocycles. The molecule has 0 aromatic carbocycles. The molecule has 6 heteroatoms. The minimum atomic E-state index is -0.297. The predicted octanol–water partition coefficient (Wildman–Crippen LogP) is 3.35. The number of amides is 1. The van der Waals surface area contributed by atoms with Crippen LogP contribution in [0.5, 0.6) is 0 Å². The van der Waals surface area contributed by atoms with Crippen molar-refractivity contribution in [1.29, 1.82) is 0 Å². The van der Waals surface area contributed by atoms with E-state index in [0.717, 1.165) is 38.6 Å². The van der Waals surface area contributed by atoms with Crippen LogP contribution in [0.1, 0.15) is 55.9 Å². The first-order valence-corrected chi connectivity index (χ1v) is 10.5. The van der Waals surface area contributed by atoms with Gasteiger partial charge < -0.3 is 9.64 Å². The van der Waals surface area contributed by atoms with Crippen LogP contribution < -0.4 is 0 Å². The number of ketones is 1. The van der Waals surface area contributed by atoms with Gasteiger partial charge in [0.2, 0.25) is 0 Å². The highest BCUT2D eigenvalue weighted by molar-refractivity contribution is 7.10. The third-order valence-electron chi connectivity index (χ3n) is 6.16. The zero-order valence-electron chi connectivity index (χ0n) is 14.9. The largest absolute Gasteiger partial charge is 0.455 e. The van der Waals surface area contributed by atoms with Crippen LogP contribution in [-0.4, -0.2) is 35.7 Å². The van der Waals surface area contributed by atoms with E-state index in [4.69, 9.17) is 4.74 Å². The van der Waals surface area contributed by atoms with Gasteiger partial charge in [0.15, 0.2) is 6.61 Å². The second-order valence-electron chi connectivity index (χ2n) is 7.76. The summed E-state index contributed by atoms with van der Waals surface area (Å²) in [6, 6.07) is 4.18. The number of carbonyl (C=O) groups is 3. The number of fused-ring (bicyclic) bond motifs is 2. The van der Waals surface area contributed by atoms with Crippen LogP contribution in [0.25, 0.3) is 0 Å². The molecule has 1 saturated heterocycles. The summed E-state index contributed by atoms with van der Waals surface area (Å²) in [5.41, 5.74) is 0. The van der Waals surface area contributed by atoms with Gasteiger partial charge in [-0.2, -0.15) is 0 Å². The van der Waals surface area contributed by atoms with E-state index in [9.17, 15) is 14.4 Å². The lowest BCUT2D eigenvalue weighted by Crippen LogP contribution is -2.40. The van der Waals surface area contributed by atoms with E-state index in [1.807, 2.05) is 16.3 Å². The molecule has 2 bridgehead atoms. The van der Waals surface area contributed by atoms with Gasteiger partial charge in [-0.05, 0) is 50.0 Å². The zero-order valence-corrected chi connectivity index (χ0v) is 15.7. The summed E-state index contributed by atoms with van der Waals surface area (Å²) in [5.74, 6) is -0.235. The van der Waals surface area contributed by atoms with Crippen molar-refractivity contribution >= 4 is 29.0 Å². The molecule has 2 heterocycles. The van der Waals surface area contributed by atoms with Gasteiger partial charge in [-0.15, -0.1) is 11.3 Å². The topological polar surface area (TPSA) is 63.7 Å². The van der Waals surface area contributed by atoms with Crippen LogP contribution in [0, 0.1) is 17.8 Å². The van der Waals surface area contributed by atoms with Crippen molar-refractivity contribution < 1.29 is 19.1 Å². The van der Waals surface area contributed by atoms with Crippen molar-refractivity contribution in [2.24, 2.45) is 17.8 Å². The molecule has 5 nitrogen and oxygen atoms in total. The van der Waals surface area contributed by atoms with E-state index in [1.165, 1.54) is 4.88 Å². The van der Waals surface area contributed by atoms with E-state index >= 15 is 0 Å². The van der Waals surface area contributed by atoms with Crippen LogP contribution in [0.2, 0.25) is 0 Å². The minimum absolute atomic E-state index is 0.0255. The molecule has 3 aliphatic rings. The fraction of sp³-hybridized carbons (Fsp3) is 0.650. The number of carbonyl (C=O) groups excluding carboxylic acids is 3. The Balaban J connectivity index is 1.31. The number of Topliss-reactive ketones (excluding diaryl/α,β-unsaturated/α-hetero) is 1. The lowest BCUT2D eigenvalue weighted by atomic mass is 9.67.